The number of aromatic amines is 1. The number of H-pyrrole nitrogens is 1. The topological polar surface area (TPSA) is 52.5 Å². The molecule has 0 radical (unpaired) electrons. The number of hydrogen-bond donors (Lipinski definition) is 1. The molecule has 2 aromatic rings. The molecule has 1 heterocycles. The lowest BCUT2D eigenvalue weighted by Crippen LogP contribution is -2.15. The molecule has 3 nitrogen and oxygen atoms in total. The summed E-state index contributed by atoms with van der Waals surface area (Å²) in [5.41, 5.74) is 0.973. The molecule has 2 rings (SSSR count). The molecule has 0 fully saturated rings. The highest BCUT2D eigenvalue weighted by Crippen LogP contribution is 2.23. The lowest BCUT2D eigenvalue weighted by Gasteiger charge is -2.10. The minimum atomic E-state index is -0.654. The first-order valence-electron chi connectivity index (χ1n) is 5.25. The first kappa shape index (κ1) is 11.3. The molecule has 0 aliphatic carbocycles. The summed E-state index contributed by atoms with van der Waals surface area (Å²) in [6.45, 7) is 3.58. The first-order chi connectivity index (χ1) is 8.03. The summed E-state index contributed by atoms with van der Waals surface area (Å²) in [4.78, 5) is 7.27. The molecule has 17 heavy (non-hydrogen) atoms. The molecule has 4 heteroatoms. The molecule has 86 valence electrons. The third-order valence-electron chi connectivity index (χ3n) is 2.60. The number of aromatic nitrogens is 2. The van der Waals surface area contributed by atoms with E-state index in [2.05, 4.69) is 16.0 Å². The van der Waals surface area contributed by atoms with Crippen molar-refractivity contribution in [3.63, 3.8) is 0 Å². The van der Waals surface area contributed by atoms with E-state index in [1.807, 2.05) is 0 Å². The van der Waals surface area contributed by atoms with Crippen molar-refractivity contribution >= 4 is 0 Å². The Bertz CT molecular complexity index is 561. The highest BCUT2D eigenvalue weighted by atomic mass is 19.1. The quantitative estimate of drug-likeness (QED) is 0.860. The molecule has 1 aromatic carbocycles. The second kappa shape index (κ2) is 4.02. The molecule has 0 saturated carbocycles. The van der Waals surface area contributed by atoms with Crippen LogP contribution in [0.2, 0.25) is 0 Å². The van der Waals surface area contributed by atoms with Gasteiger partial charge in [0.1, 0.15) is 17.1 Å². The molecule has 1 N–H and O–H groups in total. The smallest absolute Gasteiger partial charge is 0.126 e. The Morgan fingerprint density at radius 3 is 2.53 bits per heavy atom. The molecule has 0 amide bonds. The summed E-state index contributed by atoms with van der Waals surface area (Å²) < 4.78 is 12.8. The van der Waals surface area contributed by atoms with Crippen LogP contribution < -0.4 is 0 Å². The third kappa shape index (κ3) is 2.18. The molecule has 0 saturated heterocycles. The summed E-state index contributed by atoms with van der Waals surface area (Å²) >= 11 is 0. The van der Waals surface area contributed by atoms with E-state index in [-0.39, 0.29) is 5.82 Å². The van der Waals surface area contributed by atoms with Gasteiger partial charge in [-0.2, -0.15) is 5.26 Å². The summed E-state index contributed by atoms with van der Waals surface area (Å²) in [5, 5.41) is 9.00. The van der Waals surface area contributed by atoms with Gasteiger partial charge in [0.25, 0.3) is 0 Å². The fourth-order valence-electron chi connectivity index (χ4n) is 1.47. The molecule has 0 atom stereocenters. The summed E-state index contributed by atoms with van der Waals surface area (Å²) in [6, 6.07) is 8.31. The van der Waals surface area contributed by atoms with Crippen LogP contribution in [0, 0.1) is 17.1 Å². The standard InChI is InChI=1S/C13H12FN3/c1-13(2,8-15)12-16-7-11(17-12)9-3-5-10(14)6-4-9/h3-7H,1-2H3,(H,16,17). The number of rotatable bonds is 2. The number of hydrogen-bond acceptors (Lipinski definition) is 2. The molecular formula is C13H12FN3. The molecule has 0 aliphatic heterocycles. The van der Waals surface area contributed by atoms with Crippen LogP contribution in [0.15, 0.2) is 30.5 Å². The Morgan fingerprint density at radius 1 is 1.29 bits per heavy atom. The molecule has 0 bridgehead atoms. The van der Waals surface area contributed by atoms with Gasteiger partial charge in [-0.1, -0.05) is 0 Å². The Kier molecular flexibility index (Phi) is 2.68. The lowest BCUT2D eigenvalue weighted by molar-refractivity contribution is 0.628. The number of nitrogens with one attached hydrogen (secondary N) is 1. The van der Waals surface area contributed by atoms with Gasteiger partial charge in [0.05, 0.1) is 18.0 Å². The second-order valence-corrected chi connectivity index (χ2v) is 4.39. The second-order valence-electron chi connectivity index (χ2n) is 4.39. The van der Waals surface area contributed by atoms with Gasteiger partial charge in [-0.05, 0) is 43.7 Å². The molecule has 1 aromatic heterocycles. The van der Waals surface area contributed by atoms with Crippen molar-refractivity contribution in [2.75, 3.05) is 0 Å². The van der Waals surface area contributed by atoms with Crippen LogP contribution in [0.4, 0.5) is 4.39 Å². The zero-order valence-corrected chi connectivity index (χ0v) is 9.66. The van der Waals surface area contributed by atoms with E-state index in [1.54, 1.807) is 32.2 Å². The van der Waals surface area contributed by atoms with E-state index in [1.165, 1.54) is 12.1 Å². The summed E-state index contributed by atoms with van der Waals surface area (Å²) in [7, 11) is 0. The Balaban J connectivity index is 2.37. The van der Waals surface area contributed by atoms with E-state index in [9.17, 15) is 4.39 Å². The van der Waals surface area contributed by atoms with Gasteiger partial charge < -0.3 is 4.98 Å². The minimum Gasteiger partial charge on any atom is -0.341 e. The van der Waals surface area contributed by atoms with Crippen LogP contribution in [0.25, 0.3) is 11.3 Å². The van der Waals surface area contributed by atoms with Crippen molar-refractivity contribution in [3.8, 4) is 17.3 Å². The van der Waals surface area contributed by atoms with E-state index >= 15 is 0 Å². The number of imidazole rings is 1. The summed E-state index contributed by atoms with van der Waals surface area (Å²) in [5.74, 6) is 0.338. The highest BCUT2D eigenvalue weighted by Gasteiger charge is 2.23. The van der Waals surface area contributed by atoms with Crippen LogP contribution >= 0.6 is 0 Å². The first-order valence-corrected chi connectivity index (χ1v) is 5.25. The average Bonchev–Trinajstić information content (AvgIpc) is 2.80. The fraction of sp³-hybridized carbons (Fsp3) is 0.231. The van der Waals surface area contributed by atoms with E-state index in [0.29, 0.717) is 5.82 Å². The fourth-order valence-corrected chi connectivity index (χ4v) is 1.47. The molecule has 0 aliphatic rings. The van der Waals surface area contributed by atoms with Crippen LogP contribution in [0.3, 0.4) is 0 Å². The predicted octanol–water partition coefficient (Wildman–Crippen LogP) is 3.02. The third-order valence-corrected chi connectivity index (χ3v) is 2.60. The minimum absolute atomic E-state index is 0.272. The maximum atomic E-state index is 12.8. The lowest BCUT2D eigenvalue weighted by atomic mass is 9.95. The largest absolute Gasteiger partial charge is 0.341 e. The summed E-state index contributed by atoms with van der Waals surface area (Å²) in [6.07, 6.45) is 1.65. The van der Waals surface area contributed by atoms with Crippen LogP contribution in [0.1, 0.15) is 19.7 Å². The molecule has 0 unspecified atom stereocenters. The van der Waals surface area contributed by atoms with Gasteiger partial charge in [-0.15, -0.1) is 0 Å². The van der Waals surface area contributed by atoms with Gasteiger partial charge in [0, 0.05) is 0 Å². The number of halogens is 1. The van der Waals surface area contributed by atoms with Crippen molar-refractivity contribution in [3.05, 3.63) is 42.1 Å². The predicted molar refractivity (Wildman–Crippen MR) is 62.6 cm³/mol. The maximum Gasteiger partial charge on any atom is 0.126 e. The molecular weight excluding hydrogens is 217 g/mol. The highest BCUT2D eigenvalue weighted by molar-refractivity contribution is 5.58. The zero-order valence-electron chi connectivity index (χ0n) is 9.66. The van der Waals surface area contributed by atoms with Gasteiger partial charge in [-0.3, -0.25) is 0 Å². The van der Waals surface area contributed by atoms with Crippen molar-refractivity contribution < 1.29 is 4.39 Å². The Labute approximate surface area is 98.9 Å². The zero-order chi connectivity index (χ0) is 12.5. The van der Waals surface area contributed by atoms with Crippen molar-refractivity contribution in [2.24, 2.45) is 0 Å². The normalized spacial score (nSPS) is 11.2. The van der Waals surface area contributed by atoms with Gasteiger partial charge in [-0.25, -0.2) is 9.37 Å². The van der Waals surface area contributed by atoms with Crippen LogP contribution in [-0.4, -0.2) is 9.97 Å². The van der Waals surface area contributed by atoms with Gasteiger partial charge >= 0.3 is 0 Å². The number of nitriles is 1. The Morgan fingerprint density at radius 2 is 1.94 bits per heavy atom. The SMILES string of the molecule is CC(C)(C#N)c1ncc(-c2ccc(F)cc2)[nH]1. The number of benzene rings is 1. The molecule has 0 spiro atoms. The van der Waals surface area contributed by atoms with Gasteiger partial charge in [0.15, 0.2) is 0 Å². The van der Waals surface area contributed by atoms with Crippen LogP contribution in [0.5, 0.6) is 0 Å². The van der Waals surface area contributed by atoms with E-state index in [0.717, 1.165) is 11.3 Å². The Hall–Kier alpha value is -2.15. The van der Waals surface area contributed by atoms with Crippen molar-refractivity contribution in [2.45, 2.75) is 19.3 Å². The average molecular weight is 229 g/mol. The van der Waals surface area contributed by atoms with Crippen LogP contribution in [-0.2, 0) is 5.41 Å². The maximum absolute atomic E-state index is 12.8. The number of nitrogens with zero attached hydrogens (tertiary/aromatic N) is 2. The van der Waals surface area contributed by atoms with Crippen molar-refractivity contribution in [1.82, 2.24) is 9.97 Å². The monoisotopic (exact) mass is 229 g/mol. The van der Waals surface area contributed by atoms with E-state index < -0.39 is 5.41 Å². The van der Waals surface area contributed by atoms with Gasteiger partial charge in [0.2, 0.25) is 0 Å². The van der Waals surface area contributed by atoms with E-state index in [4.69, 9.17) is 5.26 Å². The van der Waals surface area contributed by atoms with Crippen molar-refractivity contribution in [1.29, 1.82) is 5.26 Å².